The Hall–Kier alpha value is -2.16. The molecule has 1 amide bonds. The van der Waals surface area contributed by atoms with Crippen LogP contribution >= 0.6 is 11.3 Å². The number of para-hydroxylation sites is 1. The van der Waals surface area contributed by atoms with E-state index in [1.54, 1.807) is 11.3 Å². The fraction of sp³-hybridized carbons (Fsp3) is 0.524. The second-order valence-corrected chi connectivity index (χ2v) is 8.05. The molecule has 0 N–H and O–H groups in total. The molecular formula is C21H28N4O3S. The Morgan fingerprint density at radius 3 is 2.66 bits per heavy atom. The minimum atomic E-state index is 0.0424. The molecule has 29 heavy (non-hydrogen) atoms. The van der Waals surface area contributed by atoms with E-state index in [2.05, 4.69) is 15.2 Å². The lowest BCUT2D eigenvalue weighted by atomic mass is 10.1. The van der Waals surface area contributed by atoms with Gasteiger partial charge in [-0.25, -0.2) is 4.98 Å². The first-order chi connectivity index (χ1) is 14.2. The van der Waals surface area contributed by atoms with Gasteiger partial charge in [0.25, 0.3) is 5.91 Å². The third kappa shape index (κ3) is 4.88. The maximum absolute atomic E-state index is 13.0. The molecule has 0 unspecified atom stereocenters. The summed E-state index contributed by atoms with van der Waals surface area (Å²) in [6.07, 6.45) is 0. The summed E-state index contributed by atoms with van der Waals surface area (Å²) in [6.45, 7) is 9.89. The summed E-state index contributed by atoms with van der Waals surface area (Å²) in [4.78, 5) is 24.4. The molecule has 1 aromatic carbocycles. The molecule has 0 saturated carbocycles. The number of anilines is 1. The largest absolute Gasteiger partial charge is 0.493 e. The van der Waals surface area contributed by atoms with Crippen LogP contribution in [0.15, 0.2) is 29.6 Å². The van der Waals surface area contributed by atoms with Gasteiger partial charge < -0.3 is 19.3 Å². The highest BCUT2D eigenvalue weighted by Gasteiger charge is 2.25. The van der Waals surface area contributed by atoms with E-state index in [1.807, 2.05) is 36.1 Å². The minimum Gasteiger partial charge on any atom is -0.493 e. The van der Waals surface area contributed by atoms with Crippen molar-refractivity contribution in [1.82, 2.24) is 14.8 Å². The highest BCUT2D eigenvalue weighted by Crippen LogP contribution is 2.25. The summed E-state index contributed by atoms with van der Waals surface area (Å²) in [6, 6.07) is 7.49. The van der Waals surface area contributed by atoms with Crippen molar-refractivity contribution in [3.8, 4) is 5.75 Å². The quantitative estimate of drug-likeness (QED) is 0.721. The number of ether oxygens (including phenoxy) is 2. The van der Waals surface area contributed by atoms with Crippen molar-refractivity contribution in [3.63, 3.8) is 0 Å². The highest BCUT2D eigenvalue weighted by atomic mass is 32.1. The lowest BCUT2D eigenvalue weighted by Crippen LogP contribution is -2.48. The van der Waals surface area contributed by atoms with Gasteiger partial charge in [0, 0.05) is 51.2 Å². The molecule has 8 heteroatoms. The summed E-state index contributed by atoms with van der Waals surface area (Å²) in [5.74, 6) is 0.705. The lowest BCUT2D eigenvalue weighted by molar-refractivity contribution is 0.0337. The van der Waals surface area contributed by atoms with Crippen molar-refractivity contribution in [1.29, 1.82) is 0 Å². The molecule has 0 radical (unpaired) electrons. The van der Waals surface area contributed by atoms with Gasteiger partial charge in [0.15, 0.2) is 5.13 Å². The van der Waals surface area contributed by atoms with Crippen molar-refractivity contribution in [2.45, 2.75) is 13.5 Å². The van der Waals surface area contributed by atoms with Crippen LogP contribution < -0.4 is 9.64 Å². The SMILES string of the molecule is CCOc1ccccc1C(=O)N1CCN(c2nc(CN3CCOCC3)cs2)CC1. The van der Waals surface area contributed by atoms with Crippen molar-refractivity contribution >= 4 is 22.4 Å². The van der Waals surface area contributed by atoms with Crippen molar-refractivity contribution in [2.75, 3.05) is 64.0 Å². The van der Waals surface area contributed by atoms with Crippen LogP contribution in [0.3, 0.4) is 0 Å². The highest BCUT2D eigenvalue weighted by molar-refractivity contribution is 7.13. The zero-order valence-corrected chi connectivity index (χ0v) is 17.7. The van der Waals surface area contributed by atoms with Gasteiger partial charge in [-0.05, 0) is 19.1 Å². The average molecular weight is 417 g/mol. The van der Waals surface area contributed by atoms with Crippen LogP contribution in [0.5, 0.6) is 5.75 Å². The number of morpholine rings is 1. The molecule has 3 heterocycles. The number of carbonyl (C=O) groups is 1. The van der Waals surface area contributed by atoms with E-state index in [-0.39, 0.29) is 5.91 Å². The van der Waals surface area contributed by atoms with Crippen LogP contribution in [0.2, 0.25) is 0 Å². The Bertz CT molecular complexity index is 814. The molecule has 1 aromatic heterocycles. The van der Waals surface area contributed by atoms with Gasteiger partial charge in [-0.3, -0.25) is 9.69 Å². The van der Waals surface area contributed by atoms with Crippen LogP contribution in [0, 0.1) is 0 Å². The van der Waals surface area contributed by atoms with E-state index >= 15 is 0 Å². The molecular weight excluding hydrogens is 388 g/mol. The topological polar surface area (TPSA) is 58.1 Å². The molecule has 0 spiro atoms. The smallest absolute Gasteiger partial charge is 0.257 e. The first kappa shape index (κ1) is 20.1. The van der Waals surface area contributed by atoms with Gasteiger partial charge in [-0.1, -0.05) is 12.1 Å². The van der Waals surface area contributed by atoms with Crippen LogP contribution in [0.4, 0.5) is 5.13 Å². The molecule has 0 aliphatic carbocycles. The number of thiazole rings is 1. The number of aromatic nitrogens is 1. The molecule has 2 aromatic rings. The van der Waals surface area contributed by atoms with E-state index < -0.39 is 0 Å². The molecule has 2 fully saturated rings. The Balaban J connectivity index is 1.33. The van der Waals surface area contributed by atoms with Gasteiger partial charge in [0.2, 0.25) is 0 Å². The van der Waals surface area contributed by atoms with Crippen molar-refractivity contribution in [2.24, 2.45) is 0 Å². The normalized spacial score (nSPS) is 18.1. The van der Waals surface area contributed by atoms with E-state index in [0.717, 1.165) is 56.8 Å². The number of hydrogen-bond donors (Lipinski definition) is 0. The number of benzene rings is 1. The summed E-state index contributed by atoms with van der Waals surface area (Å²) < 4.78 is 11.0. The minimum absolute atomic E-state index is 0.0424. The molecule has 0 atom stereocenters. The molecule has 2 aliphatic heterocycles. The molecule has 4 rings (SSSR count). The third-order valence-electron chi connectivity index (χ3n) is 5.28. The van der Waals surface area contributed by atoms with Gasteiger partial charge in [0.05, 0.1) is 31.1 Å². The van der Waals surface area contributed by atoms with E-state index in [9.17, 15) is 4.79 Å². The monoisotopic (exact) mass is 416 g/mol. The van der Waals surface area contributed by atoms with E-state index in [0.29, 0.717) is 31.0 Å². The van der Waals surface area contributed by atoms with Crippen molar-refractivity contribution < 1.29 is 14.3 Å². The van der Waals surface area contributed by atoms with Gasteiger partial charge in [0.1, 0.15) is 5.75 Å². The zero-order chi connectivity index (χ0) is 20.1. The number of hydrogen-bond acceptors (Lipinski definition) is 7. The average Bonchev–Trinajstić information content (AvgIpc) is 3.23. The maximum atomic E-state index is 13.0. The first-order valence-corrected chi connectivity index (χ1v) is 11.1. The second-order valence-electron chi connectivity index (χ2n) is 7.22. The number of carbonyl (C=O) groups excluding carboxylic acids is 1. The second kappa shape index (κ2) is 9.56. The first-order valence-electron chi connectivity index (χ1n) is 10.2. The standard InChI is InChI=1S/C21H28N4O3S/c1-2-28-19-6-4-3-5-18(19)20(26)24-7-9-25(10-8-24)21-22-17(16-29-21)15-23-11-13-27-14-12-23/h3-6,16H,2,7-15H2,1H3. The third-order valence-corrected chi connectivity index (χ3v) is 6.23. The summed E-state index contributed by atoms with van der Waals surface area (Å²) in [7, 11) is 0. The predicted octanol–water partition coefficient (Wildman–Crippen LogP) is 2.34. The Morgan fingerprint density at radius 2 is 1.90 bits per heavy atom. The zero-order valence-electron chi connectivity index (χ0n) is 16.9. The number of rotatable bonds is 6. The number of amides is 1. The van der Waals surface area contributed by atoms with Gasteiger partial charge in [-0.2, -0.15) is 0 Å². The molecule has 2 aliphatic rings. The van der Waals surface area contributed by atoms with Gasteiger partial charge in [-0.15, -0.1) is 11.3 Å². The predicted molar refractivity (Wildman–Crippen MR) is 114 cm³/mol. The Labute approximate surface area is 175 Å². The Morgan fingerprint density at radius 1 is 1.14 bits per heavy atom. The fourth-order valence-corrected chi connectivity index (χ4v) is 4.57. The molecule has 0 bridgehead atoms. The van der Waals surface area contributed by atoms with Gasteiger partial charge >= 0.3 is 0 Å². The summed E-state index contributed by atoms with van der Waals surface area (Å²) in [5.41, 5.74) is 1.76. The molecule has 7 nitrogen and oxygen atoms in total. The van der Waals surface area contributed by atoms with Crippen LogP contribution in [-0.2, 0) is 11.3 Å². The van der Waals surface area contributed by atoms with E-state index in [4.69, 9.17) is 14.5 Å². The maximum Gasteiger partial charge on any atom is 0.257 e. The van der Waals surface area contributed by atoms with Crippen LogP contribution in [-0.4, -0.2) is 79.8 Å². The lowest BCUT2D eigenvalue weighted by Gasteiger charge is -2.34. The number of piperazine rings is 1. The van der Waals surface area contributed by atoms with Crippen molar-refractivity contribution in [3.05, 3.63) is 40.9 Å². The summed E-state index contributed by atoms with van der Waals surface area (Å²) >= 11 is 1.69. The number of nitrogens with zero attached hydrogens (tertiary/aromatic N) is 4. The van der Waals surface area contributed by atoms with Crippen LogP contribution in [0.25, 0.3) is 0 Å². The van der Waals surface area contributed by atoms with Crippen LogP contribution in [0.1, 0.15) is 23.0 Å². The fourth-order valence-electron chi connectivity index (χ4n) is 3.70. The molecule has 2 saturated heterocycles. The Kier molecular flexibility index (Phi) is 6.63. The summed E-state index contributed by atoms with van der Waals surface area (Å²) in [5, 5.41) is 3.20. The molecule has 156 valence electrons. The van der Waals surface area contributed by atoms with E-state index in [1.165, 1.54) is 0 Å².